The van der Waals surface area contributed by atoms with Gasteiger partial charge in [-0.05, 0) is 30.4 Å². The number of nitrogens with zero attached hydrogens (tertiary/aromatic N) is 2. The molecule has 5 heteroatoms. The molecule has 1 saturated heterocycles. The van der Waals surface area contributed by atoms with Gasteiger partial charge in [0.2, 0.25) is 5.91 Å². The molecule has 0 N–H and O–H groups in total. The van der Waals surface area contributed by atoms with Crippen molar-refractivity contribution in [3.05, 3.63) is 21.9 Å². The molecule has 4 nitrogen and oxygen atoms in total. The highest BCUT2D eigenvalue weighted by Crippen LogP contribution is 2.51. The molecule has 2 heterocycles. The van der Waals surface area contributed by atoms with Crippen LogP contribution in [0.3, 0.4) is 0 Å². The van der Waals surface area contributed by atoms with Gasteiger partial charge in [-0.15, -0.1) is 11.3 Å². The van der Waals surface area contributed by atoms with Crippen LogP contribution in [0.5, 0.6) is 0 Å². The summed E-state index contributed by atoms with van der Waals surface area (Å²) in [5.74, 6) is 1.02. The average Bonchev–Trinajstić information content (AvgIpc) is 3.19. The number of hydrogen-bond acceptors (Lipinski definition) is 4. The summed E-state index contributed by atoms with van der Waals surface area (Å²) in [6.07, 6.45) is 1.03. The number of hydrogen-bond donors (Lipinski definition) is 0. The van der Waals surface area contributed by atoms with Crippen molar-refractivity contribution in [1.82, 2.24) is 9.80 Å². The number of aryl methyl sites for hydroxylation is 1. The molecule has 1 aliphatic heterocycles. The number of rotatable bonds is 5. The van der Waals surface area contributed by atoms with Gasteiger partial charge in [0.1, 0.15) is 0 Å². The fourth-order valence-corrected chi connectivity index (χ4v) is 4.14. The van der Waals surface area contributed by atoms with E-state index < -0.39 is 0 Å². The smallest absolute Gasteiger partial charge is 0.226 e. The molecule has 0 bridgehead atoms. The van der Waals surface area contributed by atoms with E-state index in [1.165, 1.54) is 10.4 Å². The Kier molecular flexibility index (Phi) is 4.62. The number of carbonyl (C=O) groups excluding carboxylic acids is 1. The third kappa shape index (κ3) is 3.47. The lowest BCUT2D eigenvalue weighted by molar-refractivity contribution is -0.131. The second kappa shape index (κ2) is 6.46. The van der Waals surface area contributed by atoms with Gasteiger partial charge < -0.3 is 9.64 Å². The van der Waals surface area contributed by atoms with Crippen molar-refractivity contribution in [1.29, 1.82) is 0 Å². The van der Waals surface area contributed by atoms with E-state index in [9.17, 15) is 4.79 Å². The Bertz CT molecular complexity index is 496. The second-order valence-electron chi connectivity index (χ2n) is 6.13. The maximum atomic E-state index is 12.5. The van der Waals surface area contributed by atoms with Crippen molar-refractivity contribution >= 4 is 17.2 Å². The van der Waals surface area contributed by atoms with E-state index in [0.29, 0.717) is 11.8 Å². The Balaban J connectivity index is 1.46. The van der Waals surface area contributed by atoms with Crippen molar-refractivity contribution < 1.29 is 9.53 Å². The van der Waals surface area contributed by atoms with Crippen molar-refractivity contribution in [2.24, 2.45) is 5.92 Å². The lowest BCUT2D eigenvalue weighted by Crippen LogP contribution is -2.42. The van der Waals surface area contributed by atoms with Gasteiger partial charge in [-0.3, -0.25) is 9.69 Å². The maximum absolute atomic E-state index is 12.5. The Morgan fingerprint density at radius 3 is 2.90 bits per heavy atom. The highest BCUT2D eigenvalue weighted by molar-refractivity contribution is 7.10. The summed E-state index contributed by atoms with van der Waals surface area (Å²) < 4.78 is 5.35. The van der Waals surface area contributed by atoms with Gasteiger partial charge in [0.15, 0.2) is 0 Å². The molecule has 1 saturated carbocycles. The number of morpholine rings is 1. The quantitative estimate of drug-likeness (QED) is 0.833. The Hall–Kier alpha value is -0.910. The maximum Gasteiger partial charge on any atom is 0.226 e. The van der Waals surface area contributed by atoms with Crippen molar-refractivity contribution in [3.8, 4) is 0 Å². The molecule has 3 rings (SSSR count). The molecule has 1 amide bonds. The van der Waals surface area contributed by atoms with Crippen LogP contribution in [0.1, 0.15) is 22.8 Å². The van der Waals surface area contributed by atoms with Gasteiger partial charge in [-0.2, -0.15) is 0 Å². The van der Waals surface area contributed by atoms with E-state index in [1.54, 1.807) is 11.3 Å². The molecule has 0 radical (unpaired) electrons. The molecule has 0 unspecified atom stereocenters. The van der Waals surface area contributed by atoms with Gasteiger partial charge in [-0.25, -0.2) is 0 Å². The first-order chi connectivity index (χ1) is 10.2. The van der Waals surface area contributed by atoms with Crippen LogP contribution in [0.15, 0.2) is 11.4 Å². The van der Waals surface area contributed by atoms with Crippen LogP contribution in [0.2, 0.25) is 0 Å². The van der Waals surface area contributed by atoms with E-state index in [-0.39, 0.29) is 5.92 Å². The van der Waals surface area contributed by atoms with E-state index in [2.05, 4.69) is 23.3 Å². The predicted octanol–water partition coefficient (Wildman–Crippen LogP) is 1.95. The van der Waals surface area contributed by atoms with Crippen molar-refractivity contribution in [3.63, 3.8) is 0 Å². The van der Waals surface area contributed by atoms with Gasteiger partial charge in [0.05, 0.1) is 13.2 Å². The first-order valence-corrected chi connectivity index (χ1v) is 8.64. The van der Waals surface area contributed by atoms with E-state index >= 15 is 0 Å². The third-order valence-corrected chi connectivity index (χ3v) is 5.73. The minimum absolute atomic E-state index is 0.219. The zero-order valence-corrected chi connectivity index (χ0v) is 13.7. The van der Waals surface area contributed by atoms with E-state index in [1.807, 2.05) is 11.9 Å². The molecule has 2 aliphatic rings. The highest BCUT2D eigenvalue weighted by Gasteiger charge is 2.46. The van der Waals surface area contributed by atoms with Crippen LogP contribution in [-0.4, -0.2) is 62.1 Å². The summed E-state index contributed by atoms with van der Waals surface area (Å²) >= 11 is 1.80. The van der Waals surface area contributed by atoms with Crippen LogP contribution < -0.4 is 0 Å². The molecule has 116 valence electrons. The molecular weight excluding hydrogens is 284 g/mol. The molecule has 1 aromatic rings. The molecule has 0 aromatic carbocycles. The second-order valence-corrected chi connectivity index (χ2v) is 7.08. The van der Waals surface area contributed by atoms with Gasteiger partial charge in [0.25, 0.3) is 0 Å². The number of carbonyl (C=O) groups is 1. The lowest BCUT2D eigenvalue weighted by Gasteiger charge is -2.28. The summed E-state index contributed by atoms with van der Waals surface area (Å²) in [5, 5.41) is 2.13. The highest BCUT2D eigenvalue weighted by atomic mass is 32.1. The molecule has 21 heavy (non-hydrogen) atoms. The van der Waals surface area contributed by atoms with Crippen LogP contribution in [-0.2, 0) is 9.53 Å². The van der Waals surface area contributed by atoms with E-state index in [4.69, 9.17) is 4.74 Å². The Morgan fingerprint density at radius 1 is 1.48 bits per heavy atom. The minimum Gasteiger partial charge on any atom is -0.379 e. The number of amides is 1. The molecule has 1 aliphatic carbocycles. The summed E-state index contributed by atoms with van der Waals surface area (Å²) in [5.41, 5.74) is 1.34. The average molecular weight is 308 g/mol. The summed E-state index contributed by atoms with van der Waals surface area (Å²) in [6, 6.07) is 2.15. The van der Waals surface area contributed by atoms with Gasteiger partial charge in [0, 0.05) is 49.9 Å². The van der Waals surface area contributed by atoms with Crippen molar-refractivity contribution in [2.45, 2.75) is 19.3 Å². The summed E-state index contributed by atoms with van der Waals surface area (Å²) in [4.78, 5) is 18.2. The zero-order valence-electron chi connectivity index (χ0n) is 12.9. The predicted molar refractivity (Wildman–Crippen MR) is 84.8 cm³/mol. The Labute approximate surface area is 130 Å². The zero-order chi connectivity index (χ0) is 14.8. The van der Waals surface area contributed by atoms with Crippen LogP contribution >= 0.6 is 11.3 Å². The third-order valence-electron chi connectivity index (χ3n) is 4.58. The molecule has 2 atom stereocenters. The summed E-state index contributed by atoms with van der Waals surface area (Å²) in [7, 11) is 1.94. The van der Waals surface area contributed by atoms with E-state index in [0.717, 1.165) is 45.8 Å². The SMILES string of the molecule is Cc1ccsc1[C@@H]1C[C@H]1C(=O)N(C)CCN1CCOCC1. The minimum atomic E-state index is 0.219. The first-order valence-electron chi connectivity index (χ1n) is 7.76. The first kappa shape index (κ1) is 15.0. The fourth-order valence-electron chi connectivity index (χ4n) is 3.03. The molecular formula is C16H24N2O2S. The largest absolute Gasteiger partial charge is 0.379 e. The molecule has 0 spiro atoms. The number of thiophene rings is 1. The van der Waals surface area contributed by atoms with Crippen LogP contribution in [0.4, 0.5) is 0 Å². The molecule has 1 aromatic heterocycles. The Morgan fingerprint density at radius 2 is 2.24 bits per heavy atom. The number of likely N-dealkylation sites (N-methyl/N-ethyl adjacent to an activating group) is 1. The standard InChI is InChI=1S/C16H24N2O2S/c1-12-3-10-21-15(12)13-11-14(13)16(19)17(2)4-5-18-6-8-20-9-7-18/h3,10,13-14H,4-9,11H2,1-2H3/t13-,14-/m1/s1. The monoisotopic (exact) mass is 308 g/mol. The van der Waals surface area contributed by atoms with Gasteiger partial charge in [-0.1, -0.05) is 0 Å². The molecule has 2 fully saturated rings. The van der Waals surface area contributed by atoms with Crippen molar-refractivity contribution in [2.75, 3.05) is 46.4 Å². The fraction of sp³-hybridized carbons (Fsp3) is 0.688. The number of ether oxygens (including phenoxy) is 1. The lowest BCUT2D eigenvalue weighted by atomic mass is 10.2. The van der Waals surface area contributed by atoms with Crippen LogP contribution in [0, 0.1) is 12.8 Å². The normalized spacial score (nSPS) is 25.8. The van der Waals surface area contributed by atoms with Crippen LogP contribution in [0.25, 0.3) is 0 Å². The van der Waals surface area contributed by atoms with Gasteiger partial charge >= 0.3 is 0 Å². The summed E-state index contributed by atoms with van der Waals surface area (Å²) in [6.45, 7) is 7.55. The topological polar surface area (TPSA) is 32.8 Å².